The molecular formula is C20H14Cl2N4O2. The fourth-order valence-electron chi connectivity index (χ4n) is 2.59. The number of para-hydroxylation sites is 2. The molecule has 0 amide bonds. The molecule has 4 aromatic rings. The Balaban J connectivity index is 1.72. The lowest BCUT2D eigenvalue weighted by molar-refractivity contribution is 0.0920. The van der Waals surface area contributed by atoms with Crippen LogP contribution in [-0.2, 0) is 0 Å². The highest BCUT2D eigenvalue weighted by molar-refractivity contribution is 6.33. The molecule has 0 saturated heterocycles. The van der Waals surface area contributed by atoms with Gasteiger partial charge in [0.05, 0.1) is 27.7 Å². The van der Waals surface area contributed by atoms with Crippen LogP contribution in [0, 0.1) is 0 Å². The average molecular weight is 413 g/mol. The number of hydrogen-bond acceptors (Lipinski definition) is 5. The van der Waals surface area contributed by atoms with Crippen LogP contribution in [0.4, 0.5) is 23.0 Å². The molecule has 0 fully saturated rings. The van der Waals surface area contributed by atoms with Gasteiger partial charge in [0, 0.05) is 6.07 Å². The van der Waals surface area contributed by atoms with Crippen LogP contribution >= 0.6 is 23.2 Å². The van der Waals surface area contributed by atoms with Crippen LogP contribution in [0.25, 0.3) is 0 Å². The van der Waals surface area contributed by atoms with E-state index in [4.69, 9.17) is 27.6 Å². The van der Waals surface area contributed by atoms with Crippen molar-refractivity contribution in [1.82, 2.24) is 9.78 Å². The molecule has 2 heterocycles. The first-order valence-corrected chi connectivity index (χ1v) is 9.09. The van der Waals surface area contributed by atoms with Gasteiger partial charge >= 0.3 is 5.91 Å². The summed E-state index contributed by atoms with van der Waals surface area (Å²) in [6, 6.07) is 19.4. The van der Waals surface area contributed by atoms with Gasteiger partial charge in [0.15, 0.2) is 11.6 Å². The van der Waals surface area contributed by atoms with E-state index in [2.05, 4.69) is 15.7 Å². The van der Waals surface area contributed by atoms with Gasteiger partial charge in [-0.15, -0.1) is 5.10 Å². The molecule has 2 N–H and O–H groups in total. The predicted molar refractivity (Wildman–Crippen MR) is 110 cm³/mol. The van der Waals surface area contributed by atoms with Crippen LogP contribution < -0.4 is 10.6 Å². The van der Waals surface area contributed by atoms with Crippen LogP contribution in [-0.4, -0.2) is 15.7 Å². The van der Waals surface area contributed by atoms with Gasteiger partial charge < -0.3 is 15.1 Å². The Morgan fingerprint density at radius 1 is 0.893 bits per heavy atom. The minimum Gasteiger partial charge on any atom is -0.459 e. The molecule has 0 atom stereocenters. The van der Waals surface area contributed by atoms with Gasteiger partial charge in [-0.25, -0.2) is 0 Å². The van der Waals surface area contributed by atoms with Crippen LogP contribution in [0.5, 0.6) is 0 Å². The molecule has 0 bridgehead atoms. The Morgan fingerprint density at radius 2 is 1.54 bits per heavy atom. The van der Waals surface area contributed by atoms with Crippen LogP contribution in [0.2, 0.25) is 10.0 Å². The maximum atomic E-state index is 12.8. The van der Waals surface area contributed by atoms with Gasteiger partial charge in [-0.05, 0) is 36.4 Å². The maximum absolute atomic E-state index is 12.8. The third-order valence-corrected chi connectivity index (χ3v) is 4.57. The lowest BCUT2D eigenvalue weighted by Gasteiger charge is -2.08. The highest BCUT2D eigenvalue weighted by atomic mass is 35.5. The molecule has 4 rings (SSSR count). The molecule has 0 aliphatic carbocycles. The zero-order chi connectivity index (χ0) is 19.5. The molecule has 2 aromatic carbocycles. The van der Waals surface area contributed by atoms with Gasteiger partial charge in [0.1, 0.15) is 5.82 Å². The van der Waals surface area contributed by atoms with E-state index in [1.807, 2.05) is 30.3 Å². The topological polar surface area (TPSA) is 72.1 Å². The lowest BCUT2D eigenvalue weighted by Crippen LogP contribution is -2.15. The van der Waals surface area contributed by atoms with Gasteiger partial charge in [0.2, 0.25) is 0 Å². The maximum Gasteiger partial charge on any atom is 0.315 e. The van der Waals surface area contributed by atoms with Gasteiger partial charge in [0.25, 0.3) is 0 Å². The molecule has 140 valence electrons. The standard InChI is InChI=1S/C20H14Cl2N4O2/c21-13-6-1-3-8-15(13)23-18-12-19(24-16-9-4-2-7-14(16)22)26(25-18)20(27)17-10-5-11-28-17/h1-12,24H,(H,23,25). The molecule has 0 spiro atoms. The van der Waals surface area contributed by atoms with E-state index >= 15 is 0 Å². The summed E-state index contributed by atoms with van der Waals surface area (Å²) < 4.78 is 6.43. The monoisotopic (exact) mass is 412 g/mol. The highest BCUT2D eigenvalue weighted by Gasteiger charge is 2.19. The second kappa shape index (κ2) is 7.80. The van der Waals surface area contributed by atoms with E-state index in [1.54, 1.807) is 36.4 Å². The van der Waals surface area contributed by atoms with Crippen molar-refractivity contribution in [2.75, 3.05) is 10.6 Å². The van der Waals surface area contributed by atoms with E-state index in [0.29, 0.717) is 33.1 Å². The number of benzene rings is 2. The Kier molecular flexibility index (Phi) is 5.06. The Hall–Kier alpha value is -3.22. The molecule has 28 heavy (non-hydrogen) atoms. The first-order valence-electron chi connectivity index (χ1n) is 8.33. The summed E-state index contributed by atoms with van der Waals surface area (Å²) in [6.45, 7) is 0. The van der Waals surface area contributed by atoms with Gasteiger partial charge in [-0.1, -0.05) is 47.5 Å². The summed E-state index contributed by atoms with van der Waals surface area (Å²) in [6.07, 6.45) is 1.43. The van der Waals surface area contributed by atoms with Crippen LogP contribution in [0.1, 0.15) is 10.6 Å². The Bertz CT molecular complexity index is 1120. The van der Waals surface area contributed by atoms with E-state index < -0.39 is 5.91 Å². The number of aromatic nitrogens is 2. The minimum atomic E-state index is -0.424. The van der Waals surface area contributed by atoms with E-state index in [-0.39, 0.29) is 5.76 Å². The summed E-state index contributed by atoms with van der Waals surface area (Å²) >= 11 is 12.4. The summed E-state index contributed by atoms with van der Waals surface area (Å²) in [5.74, 6) is 0.591. The first kappa shape index (κ1) is 18.2. The summed E-state index contributed by atoms with van der Waals surface area (Å²) in [5, 5.41) is 11.7. The van der Waals surface area contributed by atoms with E-state index in [1.165, 1.54) is 10.9 Å². The third kappa shape index (κ3) is 3.74. The number of carbonyl (C=O) groups excluding carboxylic acids is 1. The van der Waals surface area contributed by atoms with Crippen molar-refractivity contribution in [2.24, 2.45) is 0 Å². The van der Waals surface area contributed by atoms with Crippen molar-refractivity contribution in [3.63, 3.8) is 0 Å². The molecule has 0 saturated carbocycles. The summed E-state index contributed by atoms with van der Waals surface area (Å²) in [5.41, 5.74) is 1.31. The number of halogens is 2. The molecule has 6 nitrogen and oxygen atoms in total. The van der Waals surface area contributed by atoms with Crippen molar-refractivity contribution in [2.45, 2.75) is 0 Å². The number of anilines is 4. The molecule has 0 unspecified atom stereocenters. The molecule has 8 heteroatoms. The second-order valence-electron chi connectivity index (χ2n) is 5.82. The third-order valence-electron chi connectivity index (χ3n) is 3.91. The van der Waals surface area contributed by atoms with Crippen molar-refractivity contribution in [3.8, 4) is 0 Å². The number of nitrogens with zero attached hydrogens (tertiary/aromatic N) is 2. The largest absolute Gasteiger partial charge is 0.459 e. The van der Waals surface area contributed by atoms with Crippen molar-refractivity contribution < 1.29 is 9.21 Å². The predicted octanol–water partition coefficient (Wildman–Crippen LogP) is 5.96. The van der Waals surface area contributed by atoms with Crippen molar-refractivity contribution in [3.05, 3.63) is 88.8 Å². The van der Waals surface area contributed by atoms with Gasteiger partial charge in [-0.3, -0.25) is 4.79 Å². The normalized spacial score (nSPS) is 10.6. The molecular weight excluding hydrogens is 399 g/mol. The van der Waals surface area contributed by atoms with Gasteiger partial charge in [-0.2, -0.15) is 4.68 Å². The van der Waals surface area contributed by atoms with Crippen LogP contribution in [0.3, 0.4) is 0 Å². The fraction of sp³-hybridized carbons (Fsp3) is 0. The molecule has 2 aromatic heterocycles. The second-order valence-corrected chi connectivity index (χ2v) is 6.63. The molecule has 0 aliphatic rings. The number of carbonyl (C=O) groups is 1. The average Bonchev–Trinajstić information content (AvgIpc) is 3.35. The Labute approximate surface area is 170 Å². The zero-order valence-corrected chi connectivity index (χ0v) is 15.9. The SMILES string of the molecule is O=C(c1ccco1)n1nc(Nc2ccccc2Cl)cc1Nc1ccccc1Cl. The quantitative estimate of drug-likeness (QED) is 0.423. The van der Waals surface area contributed by atoms with Crippen molar-refractivity contribution in [1.29, 1.82) is 0 Å². The molecule has 0 radical (unpaired) electrons. The number of rotatable bonds is 5. The van der Waals surface area contributed by atoms with E-state index in [0.717, 1.165) is 0 Å². The first-order chi connectivity index (χ1) is 13.6. The smallest absolute Gasteiger partial charge is 0.315 e. The number of nitrogens with one attached hydrogen (secondary N) is 2. The van der Waals surface area contributed by atoms with Crippen LogP contribution in [0.15, 0.2) is 77.4 Å². The number of furan rings is 1. The van der Waals surface area contributed by atoms with Crippen molar-refractivity contribution >= 4 is 52.1 Å². The van der Waals surface area contributed by atoms with E-state index in [9.17, 15) is 4.79 Å². The Morgan fingerprint density at radius 3 is 2.14 bits per heavy atom. The minimum absolute atomic E-state index is 0.162. The summed E-state index contributed by atoms with van der Waals surface area (Å²) in [7, 11) is 0. The highest BCUT2D eigenvalue weighted by Crippen LogP contribution is 2.29. The zero-order valence-electron chi connectivity index (χ0n) is 14.4. The fourth-order valence-corrected chi connectivity index (χ4v) is 2.96. The number of hydrogen-bond donors (Lipinski definition) is 2. The molecule has 0 aliphatic heterocycles. The summed E-state index contributed by atoms with van der Waals surface area (Å²) in [4.78, 5) is 12.8. The lowest BCUT2D eigenvalue weighted by atomic mass is 10.3.